The fourth-order valence-electron chi connectivity index (χ4n) is 3.26. The van der Waals surface area contributed by atoms with Crippen molar-refractivity contribution in [3.05, 3.63) is 79.8 Å². The molecule has 0 saturated heterocycles. The number of hydrogen-bond acceptors (Lipinski definition) is 6. The largest absolute Gasteiger partial charge is 0.328 e. The first kappa shape index (κ1) is 20.4. The molecule has 1 amide bonds. The monoisotopic (exact) mass is 434 g/mol. The molecule has 2 aromatic heterocycles. The van der Waals surface area contributed by atoms with E-state index in [1.807, 2.05) is 30.3 Å². The van der Waals surface area contributed by atoms with Crippen molar-refractivity contribution in [2.24, 2.45) is 0 Å². The maximum atomic E-state index is 12.8. The number of H-pyrrole nitrogens is 1. The molecule has 0 saturated carbocycles. The number of Topliss-reactive ketones (excluding diaryl/α,β-unsaturated/α-hetero) is 1. The van der Waals surface area contributed by atoms with Gasteiger partial charge in [-0.2, -0.15) is 0 Å². The summed E-state index contributed by atoms with van der Waals surface area (Å²) in [5.41, 5.74) is 0.873. The van der Waals surface area contributed by atoms with Gasteiger partial charge in [0.2, 0.25) is 0 Å². The minimum absolute atomic E-state index is 0.146. The Labute approximate surface area is 180 Å². The molecule has 2 aromatic carbocycles. The Morgan fingerprint density at radius 3 is 2.55 bits per heavy atom. The molecule has 2 heterocycles. The van der Waals surface area contributed by atoms with Gasteiger partial charge in [0.1, 0.15) is 0 Å². The Kier molecular flexibility index (Phi) is 5.35. The van der Waals surface area contributed by atoms with E-state index in [2.05, 4.69) is 15.3 Å². The number of thiazole rings is 1. The number of benzene rings is 2. The van der Waals surface area contributed by atoms with Crippen molar-refractivity contribution >= 4 is 39.1 Å². The quantitative estimate of drug-likeness (QED) is 0.468. The topological polar surface area (TPSA) is 114 Å². The Morgan fingerprint density at radius 2 is 1.87 bits per heavy atom. The molecule has 0 unspecified atom stereocenters. The van der Waals surface area contributed by atoms with E-state index in [-0.39, 0.29) is 28.5 Å². The van der Waals surface area contributed by atoms with Crippen molar-refractivity contribution in [1.82, 2.24) is 14.5 Å². The molecule has 8 nitrogen and oxygen atoms in total. The van der Waals surface area contributed by atoms with Gasteiger partial charge in [-0.25, -0.2) is 9.78 Å². The molecule has 0 aliphatic heterocycles. The summed E-state index contributed by atoms with van der Waals surface area (Å²) in [6.45, 7) is 3.41. The molecule has 4 rings (SSSR count). The molecular formula is C22H18N4O4S. The van der Waals surface area contributed by atoms with E-state index in [4.69, 9.17) is 0 Å². The zero-order valence-electron chi connectivity index (χ0n) is 16.8. The average molecular weight is 434 g/mol. The van der Waals surface area contributed by atoms with Crippen molar-refractivity contribution in [2.45, 2.75) is 20.4 Å². The Balaban J connectivity index is 1.69. The molecule has 0 aliphatic rings. The highest BCUT2D eigenvalue weighted by Crippen LogP contribution is 2.31. The lowest BCUT2D eigenvalue weighted by molar-refractivity contribution is 0.101. The predicted molar refractivity (Wildman–Crippen MR) is 120 cm³/mol. The standard InChI is InChI=1S/C22H18N4O4S/c1-3-26-20(29)15-10-9-14(11-16(15)23-22(26)30)19(28)25-21-24-17(18(31-21)12(2)27)13-7-5-4-6-8-13/h4-11H,3H2,1-2H3,(H,23,30)(H,24,25,28). The summed E-state index contributed by atoms with van der Waals surface area (Å²) in [6.07, 6.45) is 0. The van der Waals surface area contributed by atoms with Crippen LogP contribution in [-0.2, 0) is 6.54 Å². The zero-order valence-corrected chi connectivity index (χ0v) is 17.6. The molecule has 0 fully saturated rings. The Hall–Kier alpha value is -3.85. The van der Waals surface area contributed by atoms with Gasteiger partial charge in [0.05, 0.1) is 21.5 Å². The lowest BCUT2D eigenvalue weighted by Crippen LogP contribution is -2.34. The molecule has 0 aliphatic carbocycles. The van der Waals surface area contributed by atoms with Crippen LogP contribution in [-0.4, -0.2) is 26.2 Å². The summed E-state index contributed by atoms with van der Waals surface area (Å²) in [5, 5.41) is 3.30. The van der Waals surface area contributed by atoms with E-state index in [1.54, 1.807) is 6.92 Å². The van der Waals surface area contributed by atoms with Gasteiger partial charge >= 0.3 is 5.69 Å². The van der Waals surface area contributed by atoms with Crippen LogP contribution < -0.4 is 16.6 Å². The number of ketones is 1. The highest BCUT2D eigenvalue weighted by molar-refractivity contribution is 7.18. The SMILES string of the molecule is CCn1c(=O)[nH]c2cc(C(=O)Nc3nc(-c4ccccc4)c(C(C)=O)s3)ccc2c1=O. The van der Waals surface area contributed by atoms with Gasteiger partial charge in [0.25, 0.3) is 11.5 Å². The van der Waals surface area contributed by atoms with Crippen LogP contribution in [0, 0.1) is 0 Å². The number of fused-ring (bicyclic) bond motifs is 1. The van der Waals surface area contributed by atoms with Crippen LogP contribution in [0.1, 0.15) is 33.9 Å². The molecule has 0 atom stereocenters. The smallest absolute Gasteiger partial charge is 0.307 e. The molecule has 31 heavy (non-hydrogen) atoms. The van der Waals surface area contributed by atoms with E-state index >= 15 is 0 Å². The van der Waals surface area contributed by atoms with Gasteiger partial charge in [-0.1, -0.05) is 41.7 Å². The van der Waals surface area contributed by atoms with Crippen LogP contribution in [0.15, 0.2) is 58.1 Å². The normalized spacial score (nSPS) is 10.9. The van der Waals surface area contributed by atoms with Crippen LogP contribution in [0.25, 0.3) is 22.2 Å². The van der Waals surface area contributed by atoms with Gasteiger partial charge in [-0.05, 0) is 25.1 Å². The summed E-state index contributed by atoms with van der Waals surface area (Å²) in [6, 6.07) is 13.7. The lowest BCUT2D eigenvalue weighted by Gasteiger charge is -2.06. The van der Waals surface area contributed by atoms with Crippen LogP contribution in [0.2, 0.25) is 0 Å². The van der Waals surface area contributed by atoms with E-state index in [9.17, 15) is 19.2 Å². The third-order valence-corrected chi connectivity index (χ3v) is 5.85. The summed E-state index contributed by atoms with van der Waals surface area (Å²) in [5.74, 6) is -0.613. The van der Waals surface area contributed by atoms with E-state index in [0.29, 0.717) is 16.0 Å². The van der Waals surface area contributed by atoms with Gasteiger partial charge in [0.15, 0.2) is 10.9 Å². The number of carbonyl (C=O) groups excluding carboxylic acids is 2. The van der Waals surface area contributed by atoms with Crippen molar-refractivity contribution in [1.29, 1.82) is 0 Å². The first-order valence-corrected chi connectivity index (χ1v) is 10.4. The number of aromatic nitrogens is 3. The maximum Gasteiger partial charge on any atom is 0.328 e. The number of rotatable bonds is 5. The summed E-state index contributed by atoms with van der Waals surface area (Å²) < 4.78 is 1.09. The third-order valence-electron chi connectivity index (χ3n) is 4.77. The number of aromatic amines is 1. The fraction of sp³-hybridized carbons (Fsp3) is 0.136. The second kappa shape index (κ2) is 8.11. The van der Waals surface area contributed by atoms with Crippen molar-refractivity contribution < 1.29 is 9.59 Å². The highest BCUT2D eigenvalue weighted by atomic mass is 32.1. The number of anilines is 1. The van der Waals surface area contributed by atoms with Crippen LogP contribution in [0.5, 0.6) is 0 Å². The van der Waals surface area contributed by atoms with Gasteiger partial charge in [-0.3, -0.25) is 24.3 Å². The maximum absolute atomic E-state index is 12.8. The number of hydrogen-bond donors (Lipinski definition) is 2. The molecule has 9 heteroatoms. The van der Waals surface area contributed by atoms with E-state index in [1.165, 1.54) is 25.1 Å². The Morgan fingerprint density at radius 1 is 1.13 bits per heavy atom. The van der Waals surface area contributed by atoms with Crippen LogP contribution >= 0.6 is 11.3 Å². The van der Waals surface area contributed by atoms with Crippen molar-refractivity contribution in [3.63, 3.8) is 0 Å². The molecule has 2 N–H and O–H groups in total. The number of nitrogens with zero attached hydrogens (tertiary/aromatic N) is 2. The summed E-state index contributed by atoms with van der Waals surface area (Å²) >= 11 is 1.10. The number of carbonyl (C=O) groups is 2. The summed E-state index contributed by atoms with van der Waals surface area (Å²) in [4.78, 5) is 56.8. The fourth-order valence-corrected chi connectivity index (χ4v) is 4.13. The molecule has 0 bridgehead atoms. The lowest BCUT2D eigenvalue weighted by atomic mass is 10.1. The zero-order chi connectivity index (χ0) is 22.1. The van der Waals surface area contributed by atoms with Gasteiger partial charge in [-0.15, -0.1) is 0 Å². The molecule has 0 radical (unpaired) electrons. The molecule has 4 aromatic rings. The predicted octanol–water partition coefficient (Wildman–Crippen LogP) is 3.29. The molecule has 156 valence electrons. The van der Waals surface area contributed by atoms with Crippen molar-refractivity contribution in [3.8, 4) is 11.3 Å². The van der Waals surface area contributed by atoms with E-state index < -0.39 is 17.2 Å². The average Bonchev–Trinajstić information content (AvgIpc) is 3.18. The third kappa shape index (κ3) is 3.82. The van der Waals surface area contributed by atoms with Gasteiger partial charge < -0.3 is 4.98 Å². The summed E-state index contributed by atoms with van der Waals surface area (Å²) in [7, 11) is 0. The number of nitrogens with one attached hydrogen (secondary N) is 2. The van der Waals surface area contributed by atoms with Crippen LogP contribution in [0.4, 0.5) is 5.13 Å². The minimum Gasteiger partial charge on any atom is -0.307 e. The molecule has 0 spiro atoms. The number of amides is 1. The highest BCUT2D eigenvalue weighted by Gasteiger charge is 2.19. The van der Waals surface area contributed by atoms with E-state index in [0.717, 1.165) is 21.5 Å². The second-order valence-electron chi connectivity index (χ2n) is 6.81. The van der Waals surface area contributed by atoms with Crippen LogP contribution in [0.3, 0.4) is 0 Å². The molecular weight excluding hydrogens is 416 g/mol. The van der Waals surface area contributed by atoms with Crippen molar-refractivity contribution in [2.75, 3.05) is 5.32 Å². The Bertz CT molecular complexity index is 1430. The van der Waals surface area contributed by atoms with Gasteiger partial charge in [0, 0.05) is 24.6 Å². The first-order chi connectivity index (χ1) is 14.9. The minimum atomic E-state index is -0.531. The second-order valence-corrected chi connectivity index (χ2v) is 7.81. The first-order valence-electron chi connectivity index (χ1n) is 9.54.